The third kappa shape index (κ3) is 4.43. The van der Waals surface area contributed by atoms with Gasteiger partial charge in [-0.1, -0.05) is 60.7 Å². The minimum absolute atomic E-state index is 0.0678. The first kappa shape index (κ1) is 24.9. The second-order valence-electron chi connectivity index (χ2n) is 9.56. The predicted molar refractivity (Wildman–Crippen MR) is 125 cm³/mol. The summed E-state index contributed by atoms with van der Waals surface area (Å²) in [6.45, 7) is 1.97. The first-order chi connectivity index (χ1) is 17.1. The van der Waals surface area contributed by atoms with Crippen LogP contribution in [0, 0.1) is 5.82 Å². The van der Waals surface area contributed by atoms with Crippen molar-refractivity contribution in [3.63, 3.8) is 0 Å². The Labute approximate surface area is 207 Å². The van der Waals surface area contributed by atoms with Gasteiger partial charge in [-0.25, -0.2) is 4.39 Å². The average molecular weight is 502 g/mol. The normalized spacial score (nSPS) is 27.9. The highest BCUT2D eigenvalue weighted by Gasteiger charge is 2.58. The minimum atomic E-state index is -4.64. The van der Waals surface area contributed by atoms with Gasteiger partial charge in [0.25, 0.3) is 0 Å². The van der Waals surface area contributed by atoms with Crippen LogP contribution in [0.15, 0.2) is 78.9 Å². The molecule has 0 amide bonds. The zero-order valence-corrected chi connectivity index (χ0v) is 19.7. The van der Waals surface area contributed by atoms with Gasteiger partial charge in [0.1, 0.15) is 17.1 Å². The lowest BCUT2D eigenvalue weighted by atomic mass is 9.80. The second kappa shape index (κ2) is 9.27. The monoisotopic (exact) mass is 501 g/mol. The molecule has 2 saturated heterocycles. The maximum Gasteiger partial charge on any atom is 0.416 e. The summed E-state index contributed by atoms with van der Waals surface area (Å²) in [4.78, 5) is 2.05. The first-order valence-electron chi connectivity index (χ1n) is 11.8. The number of ether oxygens (including phenoxy) is 2. The molecule has 0 aliphatic carbocycles. The van der Waals surface area contributed by atoms with Crippen LogP contribution in [0.1, 0.15) is 47.7 Å². The standard InChI is InChI=1S/C28H27F4NO3/c1-19(20-7-3-2-4-8-20)33-25(21-11-13-22(29)14-12-21)15-36-27(33)16-26(34,17-35-18-27)23-9-5-6-10-24(23)28(30,31)32/h2-14,19,25,34H,15-18H2,1H3/t19-,25-,26+,27?/m1/s1. The van der Waals surface area contributed by atoms with Crippen LogP contribution in [0.3, 0.4) is 0 Å². The molecular formula is C28H27F4NO3. The molecule has 0 bridgehead atoms. The summed E-state index contributed by atoms with van der Waals surface area (Å²) in [5.41, 5.74) is -2.50. The molecule has 1 N–H and O–H groups in total. The van der Waals surface area contributed by atoms with Crippen molar-refractivity contribution in [2.75, 3.05) is 19.8 Å². The zero-order valence-electron chi connectivity index (χ0n) is 19.7. The Hall–Kier alpha value is -2.78. The third-order valence-corrected chi connectivity index (χ3v) is 7.24. The molecule has 2 fully saturated rings. The van der Waals surface area contributed by atoms with Gasteiger partial charge in [-0.2, -0.15) is 13.2 Å². The molecule has 2 heterocycles. The molecule has 3 aromatic carbocycles. The molecule has 8 heteroatoms. The molecule has 4 atom stereocenters. The minimum Gasteiger partial charge on any atom is -0.383 e. The fraction of sp³-hybridized carbons (Fsp3) is 0.357. The summed E-state index contributed by atoms with van der Waals surface area (Å²) >= 11 is 0. The number of hydrogen-bond acceptors (Lipinski definition) is 4. The second-order valence-corrected chi connectivity index (χ2v) is 9.56. The van der Waals surface area contributed by atoms with E-state index in [4.69, 9.17) is 9.47 Å². The van der Waals surface area contributed by atoms with Crippen molar-refractivity contribution < 1.29 is 32.1 Å². The Morgan fingerprint density at radius 3 is 2.31 bits per heavy atom. The van der Waals surface area contributed by atoms with Crippen LogP contribution >= 0.6 is 0 Å². The van der Waals surface area contributed by atoms with E-state index in [1.807, 2.05) is 37.3 Å². The molecule has 5 rings (SSSR count). The smallest absolute Gasteiger partial charge is 0.383 e. The predicted octanol–water partition coefficient (Wildman–Crippen LogP) is 5.98. The van der Waals surface area contributed by atoms with E-state index >= 15 is 0 Å². The van der Waals surface area contributed by atoms with E-state index in [0.29, 0.717) is 0 Å². The van der Waals surface area contributed by atoms with E-state index < -0.39 is 23.1 Å². The van der Waals surface area contributed by atoms with Crippen molar-refractivity contribution in [2.45, 2.75) is 42.9 Å². The van der Waals surface area contributed by atoms with Gasteiger partial charge in [-0.3, -0.25) is 4.90 Å². The van der Waals surface area contributed by atoms with Gasteiger partial charge in [-0.05, 0) is 41.8 Å². The van der Waals surface area contributed by atoms with Crippen LogP contribution in [-0.2, 0) is 21.3 Å². The van der Waals surface area contributed by atoms with Crippen LogP contribution < -0.4 is 0 Å². The van der Waals surface area contributed by atoms with E-state index in [0.717, 1.165) is 17.2 Å². The van der Waals surface area contributed by atoms with E-state index in [2.05, 4.69) is 4.90 Å². The topological polar surface area (TPSA) is 41.9 Å². The quantitative estimate of drug-likeness (QED) is 0.447. The highest BCUT2D eigenvalue weighted by molar-refractivity contribution is 5.36. The molecular weight excluding hydrogens is 474 g/mol. The Morgan fingerprint density at radius 2 is 1.61 bits per heavy atom. The Bertz CT molecular complexity index is 1200. The van der Waals surface area contributed by atoms with Gasteiger partial charge in [0.05, 0.1) is 31.4 Å². The Kier molecular flexibility index (Phi) is 6.41. The van der Waals surface area contributed by atoms with Crippen molar-refractivity contribution in [1.82, 2.24) is 4.90 Å². The fourth-order valence-corrected chi connectivity index (χ4v) is 5.64. The van der Waals surface area contributed by atoms with Crippen LogP contribution in [0.4, 0.5) is 17.6 Å². The van der Waals surface area contributed by atoms with Gasteiger partial charge in [-0.15, -0.1) is 0 Å². The van der Waals surface area contributed by atoms with Crippen LogP contribution in [-0.4, -0.2) is 35.6 Å². The number of hydrogen-bond donors (Lipinski definition) is 1. The summed E-state index contributed by atoms with van der Waals surface area (Å²) in [6, 6.07) is 20.2. The number of alkyl halides is 3. The van der Waals surface area contributed by atoms with E-state index in [1.165, 1.54) is 30.3 Å². The lowest BCUT2D eigenvalue weighted by Crippen LogP contribution is -2.59. The third-order valence-electron chi connectivity index (χ3n) is 7.24. The summed E-state index contributed by atoms with van der Waals surface area (Å²) in [6.07, 6.45) is -4.76. The van der Waals surface area contributed by atoms with Gasteiger partial charge < -0.3 is 14.6 Å². The lowest BCUT2D eigenvalue weighted by Gasteiger charge is -2.49. The van der Waals surface area contributed by atoms with Gasteiger partial charge in [0.15, 0.2) is 0 Å². The van der Waals surface area contributed by atoms with Crippen molar-refractivity contribution in [3.05, 3.63) is 107 Å². The molecule has 0 aromatic heterocycles. The number of rotatable bonds is 4. The SMILES string of the molecule is C[C@H](c1ccccc1)N1[C@@H](c2ccc(F)cc2)COC12COC[C@](O)(c1ccccc1C(F)(F)F)C2. The number of nitrogens with zero attached hydrogens (tertiary/aromatic N) is 1. The maximum atomic E-state index is 13.9. The largest absolute Gasteiger partial charge is 0.416 e. The molecule has 1 unspecified atom stereocenters. The van der Waals surface area contributed by atoms with Crippen molar-refractivity contribution >= 4 is 0 Å². The van der Waals surface area contributed by atoms with E-state index in [1.54, 1.807) is 12.1 Å². The lowest BCUT2D eigenvalue weighted by molar-refractivity contribution is -0.237. The average Bonchev–Trinajstić information content (AvgIpc) is 3.21. The number of aliphatic hydroxyl groups is 1. The molecule has 36 heavy (non-hydrogen) atoms. The molecule has 2 aliphatic heterocycles. The first-order valence-corrected chi connectivity index (χ1v) is 11.8. The van der Waals surface area contributed by atoms with E-state index in [9.17, 15) is 22.7 Å². The molecule has 4 nitrogen and oxygen atoms in total. The molecule has 0 saturated carbocycles. The summed E-state index contributed by atoms with van der Waals surface area (Å²) in [5, 5.41) is 11.7. The summed E-state index contributed by atoms with van der Waals surface area (Å²) in [5.74, 6) is -0.367. The Balaban J connectivity index is 1.58. The van der Waals surface area contributed by atoms with Crippen molar-refractivity contribution in [3.8, 4) is 0 Å². The van der Waals surface area contributed by atoms with Crippen molar-refractivity contribution in [2.24, 2.45) is 0 Å². The zero-order chi connectivity index (χ0) is 25.6. The molecule has 190 valence electrons. The molecule has 2 aliphatic rings. The molecule has 0 radical (unpaired) electrons. The summed E-state index contributed by atoms with van der Waals surface area (Å²) in [7, 11) is 0. The van der Waals surface area contributed by atoms with E-state index in [-0.39, 0.29) is 49.7 Å². The highest BCUT2D eigenvalue weighted by atomic mass is 19.4. The Morgan fingerprint density at radius 1 is 0.944 bits per heavy atom. The maximum absolute atomic E-state index is 13.9. The van der Waals surface area contributed by atoms with Gasteiger partial charge >= 0.3 is 6.18 Å². The van der Waals surface area contributed by atoms with Crippen LogP contribution in [0.2, 0.25) is 0 Å². The number of benzene rings is 3. The van der Waals surface area contributed by atoms with Crippen LogP contribution in [0.25, 0.3) is 0 Å². The van der Waals surface area contributed by atoms with Crippen LogP contribution in [0.5, 0.6) is 0 Å². The highest BCUT2D eigenvalue weighted by Crippen LogP contribution is 2.51. The molecule has 3 aromatic rings. The molecule has 1 spiro atoms. The fourth-order valence-electron chi connectivity index (χ4n) is 5.64. The number of halogens is 4. The van der Waals surface area contributed by atoms with Gasteiger partial charge in [0.2, 0.25) is 0 Å². The summed E-state index contributed by atoms with van der Waals surface area (Å²) < 4.78 is 67.4. The van der Waals surface area contributed by atoms with Crippen molar-refractivity contribution in [1.29, 1.82) is 0 Å². The van der Waals surface area contributed by atoms with Gasteiger partial charge in [0, 0.05) is 12.5 Å².